The van der Waals surface area contributed by atoms with E-state index in [0.717, 1.165) is 29.8 Å². The molecule has 1 N–H and O–H groups in total. The third kappa shape index (κ3) is 3.61. The molecular weight excluding hydrogens is 316 g/mol. The van der Waals surface area contributed by atoms with E-state index in [9.17, 15) is 4.79 Å². The summed E-state index contributed by atoms with van der Waals surface area (Å²) >= 11 is 0. The molecule has 0 aliphatic carbocycles. The maximum Gasteiger partial charge on any atom is 0.285 e. The fraction of sp³-hybridized carbons (Fsp3) is 0.562. The van der Waals surface area contributed by atoms with E-state index in [0.29, 0.717) is 0 Å². The summed E-state index contributed by atoms with van der Waals surface area (Å²) in [5, 5.41) is 3.04. The smallest absolute Gasteiger partial charge is 0.285 e. The van der Waals surface area contributed by atoms with Gasteiger partial charge in [-0.1, -0.05) is 18.2 Å². The van der Waals surface area contributed by atoms with Crippen molar-refractivity contribution in [2.75, 3.05) is 25.0 Å². The van der Waals surface area contributed by atoms with Crippen LogP contribution in [0.15, 0.2) is 30.3 Å². The number of quaternary nitrogens is 1. The van der Waals surface area contributed by atoms with Gasteiger partial charge in [-0.15, -0.1) is 0 Å². The summed E-state index contributed by atoms with van der Waals surface area (Å²) in [7, 11) is 0. The maximum atomic E-state index is 12.6. The van der Waals surface area contributed by atoms with Gasteiger partial charge in [0.2, 0.25) is 0 Å². The van der Waals surface area contributed by atoms with Crippen LogP contribution < -0.4 is 22.3 Å². The van der Waals surface area contributed by atoms with Crippen molar-refractivity contribution in [2.45, 2.75) is 40.2 Å². The number of likely N-dealkylation sites (N-methyl/N-ethyl adjacent to an activating group) is 1. The number of hydrogen-bond donors (Lipinski definition) is 1. The summed E-state index contributed by atoms with van der Waals surface area (Å²) in [5.74, 6) is 0.0873. The van der Waals surface area contributed by atoms with Crippen molar-refractivity contribution in [3.05, 3.63) is 30.3 Å². The summed E-state index contributed by atoms with van der Waals surface area (Å²) in [6, 6.07) is 9.67. The lowest BCUT2D eigenvalue weighted by atomic mass is 9.96. The van der Waals surface area contributed by atoms with E-state index in [2.05, 4.69) is 26.1 Å². The lowest BCUT2D eigenvalue weighted by Crippen LogP contribution is -3.00. The molecule has 0 spiro atoms. The van der Waals surface area contributed by atoms with E-state index in [1.54, 1.807) is 0 Å². The highest BCUT2D eigenvalue weighted by Gasteiger charge is 2.46. The fourth-order valence-electron chi connectivity index (χ4n) is 2.88. The van der Waals surface area contributed by atoms with E-state index in [-0.39, 0.29) is 22.9 Å². The number of para-hydroxylation sites is 1. The first-order chi connectivity index (χ1) is 8.93. The quantitative estimate of drug-likeness (QED) is 0.739. The SMILES string of the molecule is CC[N+](CC)(CC)C(C)(C)C(=O)Nc1ccccc1.[Br-]. The van der Waals surface area contributed by atoms with Gasteiger partial charge in [0.15, 0.2) is 5.54 Å². The van der Waals surface area contributed by atoms with Gasteiger partial charge in [0.05, 0.1) is 19.6 Å². The van der Waals surface area contributed by atoms with Gasteiger partial charge in [0.1, 0.15) is 0 Å². The first kappa shape index (κ1) is 19.1. The van der Waals surface area contributed by atoms with Crippen molar-refractivity contribution in [2.24, 2.45) is 0 Å². The Morgan fingerprint density at radius 1 is 1.05 bits per heavy atom. The third-order valence-electron chi connectivity index (χ3n) is 4.59. The summed E-state index contributed by atoms with van der Waals surface area (Å²) in [6.45, 7) is 13.4. The van der Waals surface area contributed by atoms with Crippen molar-refractivity contribution < 1.29 is 26.3 Å². The molecule has 0 saturated heterocycles. The summed E-state index contributed by atoms with van der Waals surface area (Å²) in [5.41, 5.74) is 0.427. The fourth-order valence-corrected chi connectivity index (χ4v) is 2.88. The Morgan fingerprint density at radius 2 is 1.50 bits per heavy atom. The zero-order valence-electron chi connectivity index (χ0n) is 13.2. The Bertz CT molecular complexity index is 405. The van der Waals surface area contributed by atoms with Gasteiger partial charge in [-0.05, 0) is 46.8 Å². The Labute approximate surface area is 133 Å². The summed E-state index contributed by atoms with van der Waals surface area (Å²) in [6.07, 6.45) is 0. The number of hydrogen-bond acceptors (Lipinski definition) is 1. The molecule has 1 aromatic rings. The Balaban J connectivity index is 0.00000361. The van der Waals surface area contributed by atoms with Gasteiger partial charge in [0.25, 0.3) is 5.91 Å². The average molecular weight is 343 g/mol. The number of carbonyl (C=O) groups excluding carboxylic acids is 1. The van der Waals surface area contributed by atoms with E-state index in [1.165, 1.54) is 0 Å². The van der Waals surface area contributed by atoms with Gasteiger partial charge in [0, 0.05) is 5.69 Å². The topological polar surface area (TPSA) is 29.1 Å². The largest absolute Gasteiger partial charge is 1.00 e. The molecule has 0 radical (unpaired) electrons. The van der Waals surface area contributed by atoms with E-state index >= 15 is 0 Å². The molecule has 20 heavy (non-hydrogen) atoms. The van der Waals surface area contributed by atoms with Crippen LogP contribution in [0.1, 0.15) is 34.6 Å². The molecule has 114 valence electrons. The molecule has 1 aromatic carbocycles. The molecule has 1 amide bonds. The Morgan fingerprint density at radius 3 is 1.90 bits per heavy atom. The molecule has 1 rings (SSSR count). The molecule has 4 heteroatoms. The molecule has 0 saturated carbocycles. The molecule has 0 aromatic heterocycles. The van der Waals surface area contributed by atoms with Crippen LogP contribution in [0.2, 0.25) is 0 Å². The first-order valence-electron chi connectivity index (χ1n) is 7.16. The number of anilines is 1. The van der Waals surface area contributed by atoms with Gasteiger partial charge in [-0.25, -0.2) is 0 Å². The van der Waals surface area contributed by atoms with Crippen LogP contribution in [0.25, 0.3) is 0 Å². The minimum absolute atomic E-state index is 0. The number of halogens is 1. The van der Waals surface area contributed by atoms with Crippen molar-refractivity contribution >= 4 is 11.6 Å². The second-order valence-electron chi connectivity index (χ2n) is 5.47. The molecule has 0 unspecified atom stereocenters. The van der Waals surface area contributed by atoms with Crippen molar-refractivity contribution in [1.29, 1.82) is 0 Å². The zero-order valence-corrected chi connectivity index (χ0v) is 14.8. The molecular formula is C16H27BrN2O. The van der Waals surface area contributed by atoms with Crippen LogP contribution in [0.5, 0.6) is 0 Å². The zero-order chi connectivity index (χ0) is 14.5. The van der Waals surface area contributed by atoms with Crippen LogP contribution in [0.4, 0.5) is 5.69 Å². The summed E-state index contributed by atoms with van der Waals surface area (Å²) in [4.78, 5) is 12.6. The molecule has 3 nitrogen and oxygen atoms in total. The van der Waals surface area contributed by atoms with Crippen molar-refractivity contribution in [3.8, 4) is 0 Å². The predicted octanol–water partition coefficient (Wildman–Crippen LogP) is 0.284. The highest BCUT2D eigenvalue weighted by molar-refractivity contribution is 5.96. The second kappa shape index (κ2) is 7.79. The third-order valence-corrected chi connectivity index (χ3v) is 4.59. The minimum atomic E-state index is -0.436. The van der Waals surface area contributed by atoms with Gasteiger partial charge in [-0.3, -0.25) is 4.79 Å². The Kier molecular flexibility index (Phi) is 7.45. The van der Waals surface area contributed by atoms with Gasteiger partial charge in [-0.2, -0.15) is 0 Å². The molecule has 0 aliphatic rings. The van der Waals surface area contributed by atoms with Gasteiger partial charge >= 0.3 is 0 Å². The normalized spacial score (nSPS) is 11.7. The van der Waals surface area contributed by atoms with Crippen molar-refractivity contribution in [3.63, 3.8) is 0 Å². The van der Waals surface area contributed by atoms with E-state index in [4.69, 9.17) is 0 Å². The highest BCUT2D eigenvalue weighted by atomic mass is 79.9. The van der Waals surface area contributed by atoms with Gasteiger partial charge < -0.3 is 26.8 Å². The molecule has 0 aliphatic heterocycles. The van der Waals surface area contributed by atoms with Crippen LogP contribution in [0, 0.1) is 0 Å². The lowest BCUT2D eigenvalue weighted by Gasteiger charge is -2.47. The lowest BCUT2D eigenvalue weighted by molar-refractivity contribution is -0.958. The molecule has 0 bridgehead atoms. The van der Waals surface area contributed by atoms with Crippen LogP contribution >= 0.6 is 0 Å². The van der Waals surface area contributed by atoms with E-state index < -0.39 is 5.54 Å². The van der Waals surface area contributed by atoms with E-state index in [1.807, 2.05) is 44.2 Å². The average Bonchev–Trinajstić information content (AvgIpc) is 2.42. The number of rotatable bonds is 6. The number of carbonyl (C=O) groups is 1. The second-order valence-corrected chi connectivity index (χ2v) is 5.47. The standard InChI is InChI=1S/C16H26N2O.BrH/c1-6-18(7-2,8-3)16(4,5)15(19)17-14-12-10-9-11-13-14;/h9-13H,6-8H2,1-5H3;1H. The molecule has 0 atom stereocenters. The number of nitrogens with zero attached hydrogens (tertiary/aromatic N) is 1. The maximum absolute atomic E-state index is 12.6. The summed E-state index contributed by atoms with van der Waals surface area (Å²) < 4.78 is 0.797. The van der Waals surface area contributed by atoms with Crippen LogP contribution in [0.3, 0.4) is 0 Å². The number of benzene rings is 1. The van der Waals surface area contributed by atoms with Crippen molar-refractivity contribution in [1.82, 2.24) is 0 Å². The molecule has 0 heterocycles. The van der Waals surface area contributed by atoms with Crippen LogP contribution in [-0.4, -0.2) is 35.6 Å². The monoisotopic (exact) mass is 342 g/mol. The predicted molar refractivity (Wildman–Crippen MR) is 81.0 cm³/mol. The van der Waals surface area contributed by atoms with Crippen LogP contribution in [-0.2, 0) is 4.79 Å². The number of amides is 1. The first-order valence-corrected chi connectivity index (χ1v) is 7.16. The Hall–Kier alpha value is -0.870. The highest BCUT2D eigenvalue weighted by Crippen LogP contribution is 2.26. The number of nitrogens with one attached hydrogen (secondary N) is 1. The minimum Gasteiger partial charge on any atom is -1.00 e. The molecule has 0 fully saturated rings.